The Morgan fingerprint density at radius 3 is 2.79 bits per heavy atom. The van der Waals surface area contributed by atoms with Crippen LogP contribution < -0.4 is 11.1 Å². The molecule has 0 saturated heterocycles. The van der Waals surface area contributed by atoms with E-state index in [1.165, 1.54) is 12.1 Å². The van der Waals surface area contributed by atoms with Crippen molar-refractivity contribution >= 4 is 33.3 Å². The van der Waals surface area contributed by atoms with Crippen molar-refractivity contribution in [2.75, 3.05) is 11.1 Å². The number of nitrogens with two attached hydrogens (primary N) is 1. The maximum atomic E-state index is 13.3. The van der Waals surface area contributed by atoms with Crippen LogP contribution in [-0.4, -0.2) is 10.9 Å². The number of hydrogen-bond donors (Lipinski definition) is 2. The number of carbonyl (C=O) groups excluding carboxylic acids is 1. The van der Waals surface area contributed by atoms with Crippen LogP contribution in [0.1, 0.15) is 15.9 Å². The molecule has 0 aliphatic heterocycles. The molecule has 6 heteroatoms. The smallest absolute Gasteiger partial charge is 0.256 e. The number of amides is 1. The van der Waals surface area contributed by atoms with E-state index in [0.29, 0.717) is 5.82 Å². The van der Waals surface area contributed by atoms with E-state index >= 15 is 0 Å². The number of nitrogen functional groups attached to an aromatic ring is 1. The van der Waals surface area contributed by atoms with Crippen LogP contribution >= 0.6 is 15.9 Å². The lowest BCUT2D eigenvalue weighted by molar-refractivity contribution is 0.102. The van der Waals surface area contributed by atoms with Gasteiger partial charge in [0.1, 0.15) is 11.6 Å². The Morgan fingerprint density at radius 1 is 1.42 bits per heavy atom. The molecule has 1 aromatic heterocycles. The molecule has 4 nitrogen and oxygen atoms in total. The largest absolute Gasteiger partial charge is 0.396 e. The first-order valence-corrected chi connectivity index (χ1v) is 6.25. The number of nitrogens with zero attached hydrogens (tertiary/aromatic N) is 1. The van der Waals surface area contributed by atoms with Crippen LogP contribution in [0.15, 0.2) is 34.9 Å². The van der Waals surface area contributed by atoms with E-state index in [1.807, 2.05) is 6.92 Å². The molecular formula is C13H11BrFN3O. The summed E-state index contributed by atoms with van der Waals surface area (Å²) < 4.78 is 14.1. The zero-order valence-electron chi connectivity index (χ0n) is 10.1. The summed E-state index contributed by atoms with van der Waals surface area (Å²) in [4.78, 5) is 16.0. The standard InChI is InChI=1S/C13H11BrFN3O/c1-7-4-12(17-6-9(7)14)18-13(19)8-2-3-11(16)10(15)5-8/h2-6H,16H2,1H3,(H,17,18,19). The van der Waals surface area contributed by atoms with E-state index in [2.05, 4.69) is 26.2 Å². The maximum Gasteiger partial charge on any atom is 0.256 e. The SMILES string of the molecule is Cc1cc(NC(=O)c2ccc(N)c(F)c2)ncc1Br. The van der Waals surface area contributed by atoms with Gasteiger partial charge in [-0.15, -0.1) is 0 Å². The lowest BCUT2D eigenvalue weighted by atomic mass is 10.2. The van der Waals surface area contributed by atoms with Crippen molar-refractivity contribution in [2.45, 2.75) is 6.92 Å². The summed E-state index contributed by atoms with van der Waals surface area (Å²) in [5.41, 5.74) is 6.49. The fourth-order valence-electron chi connectivity index (χ4n) is 1.46. The van der Waals surface area contributed by atoms with Crippen molar-refractivity contribution in [3.8, 4) is 0 Å². The number of halogens is 2. The van der Waals surface area contributed by atoms with Gasteiger partial charge < -0.3 is 11.1 Å². The molecule has 0 saturated carbocycles. The normalized spacial score (nSPS) is 10.3. The summed E-state index contributed by atoms with van der Waals surface area (Å²) in [6, 6.07) is 5.62. The predicted octanol–water partition coefficient (Wildman–Crippen LogP) is 3.13. The minimum atomic E-state index is -0.618. The van der Waals surface area contributed by atoms with Gasteiger partial charge in [0, 0.05) is 16.2 Å². The van der Waals surface area contributed by atoms with E-state index < -0.39 is 11.7 Å². The van der Waals surface area contributed by atoms with E-state index in [1.54, 1.807) is 12.3 Å². The summed E-state index contributed by atoms with van der Waals surface area (Å²) >= 11 is 3.32. The highest BCUT2D eigenvalue weighted by Crippen LogP contribution is 2.18. The molecule has 3 N–H and O–H groups in total. The summed E-state index contributed by atoms with van der Waals surface area (Å²) in [6.45, 7) is 1.88. The molecular weight excluding hydrogens is 313 g/mol. The van der Waals surface area contributed by atoms with Gasteiger partial charge in [-0.2, -0.15) is 0 Å². The lowest BCUT2D eigenvalue weighted by Gasteiger charge is -2.06. The molecule has 0 spiro atoms. The van der Waals surface area contributed by atoms with Crippen molar-refractivity contribution in [1.29, 1.82) is 0 Å². The summed E-state index contributed by atoms with van der Waals surface area (Å²) in [5, 5.41) is 2.59. The third-order valence-electron chi connectivity index (χ3n) is 2.55. The first kappa shape index (κ1) is 13.5. The Balaban J connectivity index is 2.20. The first-order valence-electron chi connectivity index (χ1n) is 5.46. The van der Waals surface area contributed by atoms with Gasteiger partial charge >= 0.3 is 0 Å². The number of nitrogens with one attached hydrogen (secondary N) is 1. The Labute approximate surface area is 118 Å². The minimum absolute atomic E-state index is 0.00848. The zero-order chi connectivity index (χ0) is 14.0. The monoisotopic (exact) mass is 323 g/mol. The number of carbonyl (C=O) groups is 1. The topological polar surface area (TPSA) is 68.0 Å². The molecule has 0 atom stereocenters. The summed E-state index contributed by atoms with van der Waals surface area (Å²) in [5.74, 6) is -0.649. The maximum absolute atomic E-state index is 13.3. The van der Waals surface area contributed by atoms with Gasteiger partial charge in [0.2, 0.25) is 0 Å². The van der Waals surface area contributed by atoms with Crippen molar-refractivity contribution in [3.63, 3.8) is 0 Å². The van der Waals surface area contributed by atoms with E-state index in [4.69, 9.17) is 5.73 Å². The second-order valence-electron chi connectivity index (χ2n) is 4.01. The van der Waals surface area contributed by atoms with Crippen LogP contribution in [0.5, 0.6) is 0 Å². The summed E-state index contributed by atoms with van der Waals surface area (Å²) in [6.07, 6.45) is 1.59. The number of aryl methyl sites for hydroxylation is 1. The Bertz CT molecular complexity index is 646. The first-order chi connectivity index (χ1) is 8.97. The number of hydrogen-bond acceptors (Lipinski definition) is 3. The lowest BCUT2D eigenvalue weighted by Crippen LogP contribution is -2.13. The zero-order valence-corrected chi connectivity index (χ0v) is 11.7. The van der Waals surface area contributed by atoms with Crippen LogP contribution in [0, 0.1) is 12.7 Å². The molecule has 98 valence electrons. The molecule has 1 heterocycles. The second kappa shape index (κ2) is 5.36. The highest BCUT2D eigenvalue weighted by atomic mass is 79.9. The van der Waals surface area contributed by atoms with Crippen molar-refractivity contribution in [3.05, 3.63) is 51.9 Å². The van der Waals surface area contributed by atoms with Gasteiger partial charge in [-0.05, 0) is 52.7 Å². The highest BCUT2D eigenvalue weighted by molar-refractivity contribution is 9.10. The number of rotatable bonds is 2. The number of anilines is 2. The number of pyridine rings is 1. The molecule has 2 rings (SSSR count). The molecule has 0 aliphatic carbocycles. The van der Waals surface area contributed by atoms with Crippen LogP contribution in [0.3, 0.4) is 0 Å². The Hall–Kier alpha value is -1.95. The van der Waals surface area contributed by atoms with Crippen molar-refractivity contribution < 1.29 is 9.18 Å². The minimum Gasteiger partial charge on any atom is -0.396 e. The quantitative estimate of drug-likeness (QED) is 0.834. The molecule has 1 aromatic carbocycles. The fourth-order valence-corrected chi connectivity index (χ4v) is 1.68. The van der Waals surface area contributed by atoms with Gasteiger partial charge in [-0.1, -0.05) is 0 Å². The van der Waals surface area contributed by atoms with Crippen molar-refractivity contribution in [1.82, 2.24) is 4.98 Å². The third kappa shape index (κ3) is 3.08. The molecule has 0 fully saturated rings. The fraction of sp³-hybridized carbons (Fsp3) is 0.0769. The van der Waals surface area contributed by atoms with Gasteiger partial charge in [0.25, 0.3) is 5.91 Å². The molecule has 0 unspecified atom stereocenters. The average Bonchev–Trinajstić information content (AvgIpc) is 2.37. The van der Waals surface area contributed by atoms with Crippen LogP contribution in [-0.2, 0) is 0 Å². The Kier molecular flexibility index (Phi) is 3.80. The van der Waals surface area contributed by atoms with E-state index in [-0.39, 0.29) is 11.3 Å². The van der Waals surface area contributed by atoms with Gasteiger partial charge in [0.15, 0.2) is 0 Å². The average molecular weight is 324 g/mol. The molecule has 0 aliphatic rings. The highest BCUT2D eigenvalue weighted by Gasteiger charge is 2.10. The van der Waals surface area contributed by atoms with Crippen molar-refractivity contribution in [2.24, 2.45) is 0 Å². The van der Waals surface area contributed by atoms with E-state index in [0.717, 1.165) is 16.1 Å². The van der Waals surface area contributed by atoms with Crippen LogP contribution in [0.4, 0.5) is 15.9 Å². The molecule has 1 amide bonds. The molecule has 19 heavy (non-hydrogen) atoms. The van der Waals surface area contributed by atoms with Crippen LogP contribution in [0.25, 0.3) is 0 Å². The van der Waals surface area contributed by atoms with Gasteiger partial charge in [-0.3, -0.25) is 4.79 Å². The molecule has 2 aromatic rings. The third-order valence-corrected chi connectivity index (χ3v) is 3.38. The Morgan fingerprint density at radius 2 is 2.16 bits per heavy atom. The predicted molar refractivity (Wildman–Crippen MR) is 75.4 cm³/mol. The summed E-state index contributed by atoms with van der Waals surface area (Å²) in [7, 11) is 0. The second-order valence-corrected chi connectivity index (χ2v) is 4.86. The molecule has 0 radical (unpaired) electrons. The van der Waals surface area contributed by atoms with Gasteiger partial charge in [-0.25, -0.2) is 9.37 Å². The molecule has 0 bridgehead atoms. The number of aromatic nitrogens is 1. The van der Waals surface area contributed by atoms with E-state index in [9.17, 15) is 9.18 Å². The number of benzene rings is 1. The van der Waals surface area contributed by atoms with Crippen LogP contribution in [0.2, 0.25) is 0 Å². The van der Waals surface area contributed by atoms with Gasteiger partial charge in [0.05, 0.1) is 5.69 Å².